The van der Waals surface area contributed by atoms with Crippen molar-refractivity contribution in [2.75, 3.05) is 0 Å². The van der Waals surface area contributed by atoms with Crippen molar-refractivity contribution in [3.8, 4) is 0 Å². The van der Waals surface area contributed by atoms with Crippen molar-refractivity contribution >= 4 is 19.1 Å². The summed E-state index contributed by atoms with van der Waals surface area (Å²) in [7, 11) is 9.63. The maximum absolute atomic E-state index is 4.81. The van der Waals surface area contributed by atoms with E-state index >= 15 is 0 Å². The third-order valence-corrected chi connectivity index (χ3v) is 2.00. The van der Waals surface area contributed by atoms with E-state index in [0.29, 0.717) is 0 Å². The third-order valence-electron chi connectivity index (χ3n) is 2.00. The van der Waals surface area contributed by atoms with Gasteiger partial charge in [0.1, 0.15) is 0 Å². The average Bonchev–Trinajstić information content (AvgIpc) is 2.19. The van der Waals surface area contributed by atoms with Gasteiger partial charge in [-0.25, -0.2) is 0 Å². The van der Waals surface area contributed by atoms with Gasteiger partial charge in [-0.2, -0.15) is 0 Å². The molecule has 0 fully saturated rings. The van der Waals surface area contributed by atoms with Gasteiger partial charge >= 0.3 is 35.0 Å². The Kier molecular flexibility index (Phi) is 14.9. The van der Waals surface area contributed by atoms with Crippen LogP contribution >= 0.6 is 19.1 Å². The molecule has 0 aromatic rings. The Bertz CT molecular complexity index is 147. The van der Waals surface area contributed by atoms with Crippen LogP contribution in [0.25, 0.3) is 0 Å². The SMILES string of the molecule is C1=CCC/C=C/CC/C=C/CC1.[Cl][Pd][Cl]. The first-order chi connectivity index (χ1) is 7.41. The Morgan fingerprint density at radius 3 is 0.800 bits per heavy atom. The number of allylic oxidation sites excluding steroid dienone is 6. The van der Waals surface area contributed by atoms with Gasteiger partial charge in [-0.15, -0.1) is 0 Å². The van der Waals surface area contributed by atoms with Crippen molar-refractivity contribution in [3.63, 3.8) is 0 Å². The molecule has 0 aromatic carbocycles. The van der Waals surface area contributed by atoms with E-state index in [1.807, 2.05) is 0 Å². The molecule has 0 aliphatic heterocycles. The Labute approximate surface area is 110 Å². The molecule has 90 valence electrons. The predicted octanol–water partition coefficient (Wildman–Crippen LogP) is 5.39. The molecule has 1 rings (SSSR count). The number of hydrogen-bond donors (Lipinski definition) is 0. The molecule has 15 heavy (non-hydrogen) atoms. The van der Waals surface area contributed by atoms with E-state index in [-0.39, 0.29) is 15.9 Å². The zero-order valence-corrected chi connectivity index (χ0v) is 11.8. The predicted molar refractivity (Wildman–Crippen MR) is 66.8 cm³/mol. The molecule has 1 aliphatic rings. The van der Waals surface area contributed by atoms with Crippen LogP contribution in [0.1, 0.15) is 38.5 Å². The van der Waals surface area contributed by atoms with Crippen molar-refractivity contribution in [2.24, 2.45) is 0 Å². The molecule has 0 nitrogen and oxygen atoms in total. The molecule has 1 aliphatic carbocycles. The van der Waals surface area contributed by atoms with Gasteiger partial charge in [0.05, 0.1) is 0 Å². The Hall–Kier alpha value is 0.462. The van der Waals surface area contributed by atoms with E-state index in [9.17, 15) is 0 Å². The summed E-state index contributed by atoms with van der Waals surface area (Å²) >= 11 is -0.106. The first-order valence-electron chi connectivity index (χ1n) is 5.19. The molecule has 0 saturated heterocycles. The van der Waals surface area contributed by atoms with Crippen LogP contribution in [0.15, 0.2) is 36.5 Å². The van der Waals surface area contributed by atoms with Crippen LogP contribution in [0, 0.1) is 0 Å². The van der Waals surface area contributed by atoms with E-state index in [4.69, 9.17) is 19.1 Å². The van der Waals surface area contributed by atoms with E-state index in [2.05, 4.69) is 36.5 Å². The fraction of sp³-hybridized carbons (Fsp3) is 0.500. The molecule has 0 saturated carbocycles. The van der Waals surface area contributed by atoms with Gasteiger partial charge in [0.25, 0.3) is 0 Å². The third kappa shape index (κ3) is 14.5. The minimum absolute atomic E-state index is 0.106. The quantitative estimate of drug-likeness (QED) is 0.410. The first-order valence-corrected chi connectivity index (χ1v) is 9.19. The summed E-state index contributed by atoms with van der Waals surface area (Å²) < 4.78 is 0. The fourth-order valence-electron chi connectivity index (χ4n) is 1.28. The van der Waals surface area contributed by atoms with Crippen LogP contribution in [0.5, 0.6) is 0 Å². The molecular weight excluding hydrogens is 321 g/mol. The Morgan fingerprint density at radius 1 is 0.533 bits per heavy atom. The van der Waals surface area contributed by atoms with E-state index < -0.39 is 0 Å². The molecule has 0 heterocycles. The number of rotatable bonds is 0. The second-order valence-electron chi connectivity index (χ2n) is 3.19. The van der Waals surface area contributed by atoms with Crippen LogP contribution in [0.4, 0.5) is 0 Å². The Morgan fingerprint density at radius 2 is 0.667 bits per heavy atom. The minimum atomic E-state index is -0.106. The summed E-state index contributed by atoms with van der Waals surface area (Å²) in [5.74, 6) is 0. The van der Waals surface area contributed by atoms with Crippen molar-refractivity contribution in [1.29, 1.82) is 0 Å². The van der Waals surface area contributed by atoms with E-state index in [0.717, 1.165) is 0 Å². The maximum atomic E-state index is 4.81. The summed E-state index contributed by atoms with van der Waals surface area (Å²) in [5, 5.41) is 0. The van der Waals surface area contributed by atoms with Gasteiger partial charge in [0, 0.05) is 0 Å². The van der Waals surface area contributed by atoms with Crippen LogP contribution in [0.2, 0.25) is 0 Å². The molecule has 0 spiro atoms. The van der Waals surface area contributed by atoms with Gasteiger partial charge < -0.3 is 0 Å². The average molecular weight is 340 g/mol. The van der Waals surface area contributed by atoms with Crippen molar-refractivity contribution in [1.82, 2.24) is 0 Å². The van der Waals surface area contributed by atoms with Gasteiger partial charge in [0.15, 0.2) is 0 Å². The topological polar surface area (TPSA) is 0 Å². The summed E-state index contributed by atoms with van der Waals surface area (Å²) in [6.07, 6.45) is 21.0. The molecular formula is C12H18Cl2Pd. The molecule has 0 bridgehead atoms. The van der Waals surface area contributed by atoms with E-state index in [1.165, 1.54) is 38.5 Å². The molecule has 0 N–H and O–H groups in total. The fourth-order valence-corrected chi connectivity index (χ4v) is 1.28. The molecule has 0 atom stereocenters. The second kappa shape index (κ2) is 14.5. The molecule has 0 radical (unpaired) electrons. The monoisotopic (exact) mass is 338 g/mol. The second-order valence-corrected chi connectivity index (χ2v) is 5.55. The first kappa shape index (κ1) is 15.5. The van der Waals surface area contributed by atoms with Crippen molar-refractivity contribution < 1.29 is 15.9 Å². The molecule has 0 amide bonds. The Balaban J connectivity index is 0.000000583. The van der Waals surface area contributed by atoms with Gasteiger partial charge in [-0.05, 0) is 38.5 Å². The van der Waals surface area contributed by atoms with Gasteiger partial charge in [-0.3, -0.25) is 0 Å². The summed E-state index contributed by atoms with van der Waals surface area (Å²) in [4.78, 5) is 0. The normalized spacial score (nSPS) is 21.7. The van der Waals surface area contributed by atoms with E-state index in [1.54, 1.807) is 0 Å². The summed E-state index contributed by atoms with van der Waals surface area (Å²) in [6.45, 7) is 0. The summed E-state index contributed by atoms with van der Waals surface area (Å²) in [5.41, 5.74) is 0. The van der Waals surface area contributed by atoms with Crippen LogP contribution in [0.3, 0.4) is 0 Å². The van der Waals surface area contributed by atoms with Crippen molar-refractivity contribution in [3.05, 3.63) is 36.5 Å². The molecule has 0 unspecified atom stereocenters. The zero-order chi connectivity index (χ0) is 11.2. The van der Waals surface area contributed by atoms with Crippen molar-refractivity contribution in [2.45, 2.75) is 38.5 Å². The zero-order valence-electron chi connectivity index (χ0n) is 8.78. The van der Waals surface area contributed by atoms with Crippen LogP contribution in [-0.2, 0) is 15.9 Å². The molecule has 3 heteroatoms. The van der Waals surface area contributed by atoms with Gasteiger partial charge in [0.2, 0.25) is 0 Å². The summed E-state index contributed by atoms with van der Waals surface area (Å²) in [6, 6.07) is 0. The number of hydrogen-bond acceptors (Lipinski definition) is 0. The van der Waals surface area contributed by atoms with Crippen LogP contribution in [-0.4, -0.2) is 0 Å². The van der Waals surface area contributed by atoms with Crippen LogP contribution < -0.4 is 0 Å². The number of halogens is 2. The van der Waals surface area contributed by atoms with Gasteiger partial charge in [-0.1, -0.05) is 36.5 Å². The molecule has 0 aromatic heterocycles. The standard InChI is InChI=1S/C12H18.2ClH.Pd/c1-2-4-6-8-10-12-11-9-7-5-3-1;;;/h1-2,7-10H,3-6,11-12H2;2*1H;/q;;;+2/p-2/b2-1+,9-7+,10-8?;;;.